The van der Waals surface area contributed by atoms with E-state index < -0.39 is 18.3 Å². The minimum atomic E-state index is -1.11. The monoisotopic (exact) mass is 254 g/mol. The van der Waals surface area contributed by atoms with Crippen LogP contribution < -0.4 is 5.59 Å². The van der Waals surface area contributed by atoms with Crippen LogP contribution in [0.25, 0.3) is 0 Å². The quantitative estimate of drug-likeness (QED) is 0.760. The summed E-state index contributed by atoms with van der Waals surface area (Å²) in [7, 11) is -1.11. The molecule has 2 N–H and O–H groups in total. The molecule has 0 aliphatic carbocycles. The Bertz CT molecular complexity index is 396. The van der Waals surface area contributed by atoms with Gasteiger partial charge in [-0.3, -0.25) is 4.68 Å². The lowest BCUT2D eigenvalue weighted by Crippen LogP contribution is -2.54. The fourth-order valence-corrected chi connectivity index (χ4v) is 1.44. The predicted octanol–water partition coefficient (Wildman–Crippen LogP) is 0.718. The zero-order valence-electron chi connectivity index (χ0n) is 12.0. The summed E-state index contributed by atoms with van der Waals surface area (Å²) in [6.07, 6.45) is 1.62. The van der Waals surface area contributed by atoms with Gasteiger partial charge in [0.15, 0.2) is 0 Å². The molecule has 0 unspecified atom stereocenters. The van der Waals surface area contributed by atoms with Crippen LogP contribution >= 0.6 is 0 Å². The number of hydrogen-bond acceptors (Lipinski definition) is 4. The highest BCUT2D eigenvalue weighted by Gasteiger charge is 2.40. The molecule has 18 heavy (non-hydrogen) atoms. The second-order valence-electron chi connectivity index (χ2n) is 5.83. The highest BCUT2D eigenvalue weighted by atomic mass is 16.5. The number of rotatable bonds is 5. The Morgan fingerprint density at radius 1 is 1.33 bits per heavy atom. The van der Waals surface area contributed by atoms with Crippen molar-refractivity contribution >= 4 is 12.7 Å². The van der Waals surface area contributed by atoms with Gasteiger partial charge in [-0.2, -0.15) is 5.10 Å². The van der Waals surface area contributed by atoms with Crippen LogP contribution in [-0.4, -0.2) is 38.2 Å². The van der Waals surface area contributed by atoms with Crippen molar-refractivity contribution in [3.8, 4) is 0 Å². The molecule has 6 heteroatoms. The third-order valence-electron chi connectivity index (χ3n) is 3.32. The van der Waals surface area contributed by atoms with Crippen molar-refractivity contribution in [1.29, 1.82) is 0 Å². The van der Waals surface area contributed by atoms with E-state index in [1.165, 1.54) is 0 Å². The Kier molecular flexibility index (Phi) is 4.25. The molecule has 0 amide bonds. The molecule has 1 heterocycles. The maximum atomic E-state index is 10.1. The van der Waals surface area contributed by atoms with Crippen molar-refractivity contribution in [2.75, 3.05) is 0 Å². The van der Waals surface area contributed by atoms with Crippen molar-refractivity contribution in [2.45, 2.75) is 58.8 Å². The van der Waals surface area contributed by atoms with Crippen LogP contribution in [0, 0.1) is 0 Å². The molecule has 0 saturated carbocycles. The summed E-state index contributed by atoms with van der Waals surface area (Å²) in [4.78, 5) is 0. The van der Waals surface area contributed by atoms with E-state index in [9.17, 15) is 10.1 Å². The van der Waals surface area contributed by atoms with Crippen molar-refractivity contribution in [3.63, 3.8) is 0 Å². The van der Waals surface area contributed by atoms with Gasteiger partial charge in [-0.25, -0.2) is 0 Å². The fourth-order valence-electron chi connectivity index (χ4n) is 1.44. The fraction of sp³-hybridized carbons (Fsp3) is 0.750. The molecule has 0 aliphatic heterocycles. The topological polar surface area (TPSA) is 67.5 Å². The van der Waals surface area contributed by atoms with E-state index in [0.717, 1.165) is 0 Å². The lowest BCUT2D eigenvalue weighted by Gasteiger charge is -2.38. The van der Waals surface area contributed by atoms with E-state index in [4.69, 9.17) is 4.65 Å². The minimum absolute atomic E-state index is 0.137. The van der Waals surface area contributed by atoms with Gasteiger partial charge in [0.25, 0.3) is 0 Å². The first kappa shape index (κ1) is 15.2. The third kappa shape index (κ3) is 3.13. The number of aliphatic hydroxyl groups is 1. The molecule has 1 aromatic rings. The Hall–Kier alpha value is -0.845. The molecule has 0 atom stereocenters. The van der Waals surface area contributed by atoms with E-state index in [0.29, 0.717) is 5.59 Å². The molecule has 0 aliphatic rings. The normalized spacial score (nSPS) is 13.2. The Morgan fingerprint density at radius 3 is 2.33 bits per heavy atom. The predicted molar refractivity (Wildman–Crippen MR) is 71.7 cm³/mol. The van der Waals surface area contributed by atoms with Gasteiger partial charge >= 0.3 is 7.12 Å². The van der Waals surface area contributed by atoms with E-state index in [2.05, 4.69) is 5.10 Å². The first-order valence-corrected chi connectivity index (χ1v) is 6.18. The van der Waals surface area contributed by atoms with Crippen molar-refractivity contribution in [2.24, 2.45) is 0 Å². The maximum Gasteiger partial charge on any atom is 0.511 e. The first-order chi connectivity index (χ1) is 8.06. The highest BCUT2D eigenvalue weighted by Crippen LogP contribution is 2.25. The molecule has 0 spiro atoms. The van der Waals surface area contributed by atoms with Gasteiger partial charge in [0.2, 0.25) is 0 Å². The summed E-state index contributed by atoms with van der Waals surface area (Å²) < 4.78 is 7.28. The van der Waals surface area contributed by atoms with Gasteiger partial charge in [0.1, 0.15) is 0 Å². The van der Waals surface area contributed by atoms with Crippen LogP contribution in [0.15, 0.2) is 12.3 Å². The Morgan fingerprint density at radius 2 is 1.89 bits per heavy atom. The minimum Gasteiger partial charge on any atom is -0.422 e. The van der Waals surface area contributed by atoms with Gasteiger partial charge in [0.05, 0.1) is 16.8 Å². The third-order valence-corrected chi connectivity index (χ3v) is 3.32. The second-order valence-corrected chi connectivity index (χ2v) is 5.83. The summed E-state index contributed by atoms with van der Waals surface area (Å²) in [5, 5.41) is 24.3. The summed E-state index contributed by atoms with van der Waals surface area (Å²) in [5.41, 5.74) is -1.35. The van der Waals surface area contributed by atoms with Crippen LogP contribution in [0.5, 0.6) is 0 Å². The van der Waals surface area contributed by atoms with Gasteiger partial charge in [0, 0.05) is 12.2 Å². The molecule has 0 fully saturated rings. The van der Waals surface area contributed by atoms with E-state index in [1.807, 2.05) is 13.8 Å². The first-order valence-electron chi connectivity index (χ1n) is 6.18. The highest BCUT2D eigenvalue weighted by molar-refractivity contribution is 6.59. The Balaban J connectivity index is 2.89. The number of aromatic nitrogens is 2. The SMILES string of the molecule is CC(C)n1nccc1B(O)OC(C)(C)C(C)(C)O. The zero-order chi connectivity index (χ0) is 14.1. The molecule has 0 bridgehead atoms. The maximum absolute atomic E-state index is 10.1. The van der Waals surface area contributed by atoms with Gasteiger partial charge in [-0.15, -0.1) is 0 Å². The molecule has 5 nitrogen and oxygen atoms in total. The lowest BCUT2D eigenvalue weighted by molar-refractivity contribution is -0.0984. The molecular formula is C12H23BN2O3. The smallest absolute Gasteiger partial charge is 0.422 e. The average Bonchev–Trinajstić information content (AvgIpc) is 2.62. The van der Waals surface area contributed by atoms with Crippen LogP contribution in [0.4, 0.5) is 0 Å². The number of hydrogen-bond donors (Lipinski definition) is 2. The Labute approximate surface area is 109 Å². The van der Waals surface area contributed by atoms with Crippen LogP contribution in [0.2, 0.25) is 0 Å². The standard InChI is InChI=1S/C12H23BN2O3/c1-9(2)15-10(7-8-14-15)13(17)18-12(5,6)11(3,4)16/h7-9,16-17H,1-6H3. The number of nitrogens with zero attached hydrogens (tertiary/aromatic N) is 2. The van der Waals surface area contributed by atoms with Crippen molar-refractivity contribution in [1.82, 2.24) is 9.78 Å². The van der Waals surface area contributed by atoms with Gasteiger partial charge in [-0.05, 0) is 47.6 Å². The summed E-state index contributed by atoms with van der Waals surface area (Å²) >= 11 is 0. The molecular weight excluding hydrogens is 231 g/mol. The zero-order valence-corrected chi connectivity index (χ0v) is 12.0. The summed E-state index contributed by atoms with van der Waals surface area (Å²) in [6, 6.07) is 1.85. The van der Waals surface area contributed by atoms with Crippen LogP contribution in [0.3, 0.4) is 0 Å². The van der Waals surface area contributed by atoms with Crippen molar-refractivity contribution < 1.29 is 14.8 Å². The van der Waals surface area contributed by atoms with E-state index >= 15 is 0 Å². The molecule has 0 saturated heterocycles. The molecule has 1 rings (SSSR count). The second kappa shape index (κ2) is 5.03. The van der Waals surface area contributed by atoms with Gasteiger partial charge < -0.3 is 14.8 Å². The molecule has 102 valence electrons. The molecule has 0 radical (unpaired) electrons. The van der Waals surface area contributed by atoms with Crippen molar-refractivity contribution in [3.05, 3.63) is 12.3 Å². The summed E-state index contributed by atoms with van der Waals surface area (Å²) in [6.45, 7) is 10.7. The van der Waals surface area contributed by atoms with E-state index in [-0.39, 0.29) is 6.04 Å². The largest absolute Gasteiger partial charge is 0.511 e. The summed E-state index contributed by atoms with van der Waals surface area (Å²) in [5.74, 6) is 0. The van der Waals surface area contributed by atoms with E-state index in [1.54, 1.807) is 44.6 Å². The average molecular weight is 254 g/mol. The molecule has 1 aromatic heterocycles. The molecule has 0 aromatic carbocycles. The van der Waals surface area contributed by atoms with Crippen LogP contribution in [0.1, 0.15) is 47.6 Å². The van der Waals surface area contributed by atoms with Gasteiger partial charge in [-0.1, -0.05) is 0 Å². The van der Waals surface area contributed by atoms with Crippen LogP contribution in [-0.2, 0) is 4.65 Å². The lowest BCUT2D eigenvalue weighted by atomic mass is 9.80.